The molecule has 25 heavy (non-hydrogen) atoms. The molecule has 1 saturated heterocycles. The molecule has 0 unspecified atom stereocenters. The van der Waals surface area contributed by atoms with Crippen LogP contribution in [0.3, 0.4) is 0 Å². The SMILES string of the molecule is CC(F)(F)C[C@H](NC(=O)N1CCC2(CCCC2)C1)C(=O)NC1(N)CC1. The first-order valence-corrected chi connectivity index (χ1v) is 9.14. The smallest absolute Gasteiger partial charge is 0.318 e. The Morgan fingerprint density at radius 1 is 1.20 bits per heavy atom. The van der Waals surface area contributed by atoms with E-state index >= 15 is 0 Å². The molecule has 0 radical (unpaired) electrons. The fourth-order valence-electron chi connectivity index (χ4n) is 4.04. The summed E-state index contributed by atoms with van der Waals surface area (Å²) in [5.41, 5.74) is 5.23. The van der Waals surface area contributed by atoms with Gasteiger partial charge in [-0.05, 0) is 44.4 Å². The number of hydrogen-bond donors (Lipinski definition) is 3. The molecule has 2 aliphatic carbocycles. The molecule has 8 heteroatoms. The highest BCUT2D eigenvalue weighted by Gasteiger charge is 2.45. The van der Waals surface area contributed by atoms with Crippen molar-refractivity contribution in [3.05, 3.63) is 0 Å². The molecule has 3 aliphatic rings. The van der Waals surface area contributed by atoms with Crippen molar-refractivity contribution in [2.45, 2.75) is 75.9 Å². The van der Waals surface area contributed by atoms with Crippen molar-refractivity contribution < 1.29 is 18.4 Å². The van der Waals surface area contributed by atoms with E-state index in [-0.39, 0.29) is 5.41 Å². The number of carbonyl (C=O) groups excluding carboxylic acids is 2. The standard InChI is InChI=1S/C17H28F2N4O2/c1-15(18,19)10-12(13(24)22-17(20)6-7-17)21-14(25)23-9-8-16(11-23)4-2-3-5-16/h12H,2-11,20H2,1H3,(H,21,25)(H,22,24)/t12-/m0/s1. The van der Waals surface area contributed by atoms with Gasteiger partial charge in [-0.2, -0.15) is 0 Å². The minimum absolute atomic E-state index is 0.194. The number of halogens is 2. The van der Waals surface area contributed by atoms with Gasteiger partial charge in [-0.15, -0.1) is 0 Å². The zero-order valence-electron chi connectivity index (χ0n) is 14.7. The van der Waals surface area contributed by atoms with E-state index in [4.69, 9.17) is 5.73 Å². The molecule has 6 nitrogen and oxygen atoms in total. The van der Waals surface area contributed by atoms with Crippen LogP contribution < -0.4 is 16.4 Å². The lowest BCUT2D eigenvalue weighted by Gasteiger charge is -2.27. The molecule has 2 saturated carbocycles. The Morgan fingerprint density at radius 3 is 2.40 bits per heavy atom. The van der Waals surface area contributed by atoms with Crippen molar-refractivity contribution in [2.24, 2.45) is 11.1 Å². The van der Waals surface area contributed by atoms with Crippen molar-refractivity contribution in [1.82, 2.24) is 15.5 Å². The molecule has 142 valence electrons. The molecule has 4 N–H and O–H groups in total. The predicted octanol–water partition coefficient (Wildman–Crippen LogP) is 1.94. The summed E-state index contributed by atoms with van der Waals surface area (Å²) >= 11 is 0. The topological polar surface area (TPSA) is 87.5 Å². The van der Waals surface area contributed by atoms with E-state index < -0.39 is 36.0 Å². The number of nitrogens with one attached hydrogen (secondary N) is 2. The van der Waals surface area contributed by atoms with E-state index in [2.05, 4.69) is 10.6 Å². The maximum Gasteiger partial charge on any atom is 0.318 e. The second-order valence-corrected chi connectivity index (χ2v) is 8.30. The molecule has 3 fully saturated rings. The Morgan fingerprint density at radius 2 is 1.84 bits per heavy atom. The average molecular weight is 358 g/mol. The zero-order valence-corrected chi connectivity index (χ0v) is 14.7. The Hall–Kier alpha value is -1.44. The quantitative estimate of drug-likeness (QED) is 0.657. The summed E-state index contributed by atoms with van der Waals surface area (Å²) in [4.78, 5) is 26.5. The van der Waals surface area contributed by atoms with Gasteiger partial charge in [-0.25, -0.2) is 13.6 Å². The Balaban J connectivity index is 1.60. The summed E-state index contributed by atoms with van der Waals surface area (Å²) < 4.78 is 26.9. The number of nitrogens with two attached hydrogens (primary N) is 1. The minimum Gasteiger partial charge on any atom is -0.336 e. The maximum atomic E-state index is 13.5. The van der Waals surface area contributed by atoms with E-state index in [0.717, 1.165) is 26.2 Å². The number of amides is 3. The second-order valence-electron chi connectivity index (χ2n) is 8.30. The lowest BCUT2D eigenvalue weighted by Crippen LogP contribution is -2.56. The summed E-state index contributed by atoms with van der Waals surface area (Å²) in [5, 5.41) is 5.08. The van der Waals surface area contributed by atoms with E-state index in [1.165, 1.54) is 12.8 Å². The van der Waals surface area contributed by atoms with Crippen LogP contribution in [0, 0.1) is 5.41 Å². The zero-order chi connectivity index (χ0) is 18.3. The number of likely N-dealkylation sites (tertiary alicyclic amines) is 1. The van der Waals surface area contributed by atoms with Crippen LogP contribution in [0.4, 0.5) is 13.6 Å². The van der Waals surface area contributed by atoms with Gasteiger partial charge in [0.05, 0.1) is 5.66 Å². The Bertz CT molecular complexity index is 539. The highest BCUT2D eigenvalue weighted by Crippen LogP contribution is 2.45. The third-order valence-corrected chi connectivity index (χ3v) is 5.73. The number of rotatable bonds is 5. The number of nitrogens with zero attached hydrogens (tertiary/aromatic N) is 1. The maximum absolute atomic E-state index is 13.5. The highest BCUT2D eigenvalue weighted by molar-refractivity contribution is 5.87. The van der Waals surface area contributed by atoms with Crippen LogP contribution >= 0.6 is 0 Å². The predicted molar refractivity (Wildman–Crippen MR) is 88.9 cm³/mol. The minimum atomic E-state index is -3.06. The Kier molecular flexibility index (Phi) is 4.68. The molecule has 1 atom stereocenters. The largest absolute Gasteiger partial charge is 0.336 e. The van der Waals surface area contributed by atoms with Gasteiger partial charge in [-0.1, -0.05) is 12.8 Å². The van der Waals surface area contributed by atoms with Crippen molar-refractivity contribution in [2.75, 3.05) is 13.1 Å². The molecule has 0 aromatic rings. The van der Waals surface area contributed by atoms with Crippen molar-refractivity contribution in [1.29, 1.82) is 0 Å². The number of alkyl halides is 2. The van der Waals surface area contributed by atoms with E-state index in [0.29, 0.717) is 25.9 Å². The third kappa shape index (κ3) is 4.59. The van der Waals surface area contributed by atoms with Crippen LogP contribution in [-0.2, 0) is 4.79 Å². The van der Waals surface area contributed by atoms with Crippen molar-refractivity contribution >= 4 is 11.9 Å². The third-order valence-electron chi connectivity index (χ3n) is 5.73. The van der Waals surface area contributed by atoms with Gasteiger partial charge < -0.3 is 21.3 Å². The van der Waals surface area contributed by atoms with Gasteiger partial charge in [0.25, 0.3) is 0 Å². The van der Waals surface area contributed by atoms with Crippen LogP contribution in [0.15, 0.2) is 0 Å². The first kappa shape index (κ1) is 18.4. The van der Waals surface area contributed by atoms with Crippen LogP contribution in [0.2, 0.25) is 0 Å². The van der Waals surface area contributed by atoms with Crippen LogP contribution in [-0.4, -0.2) is 47.6 Å². The first-order valence-electron chi connectivity index (χ1n) is 9.14. The van der Waals surface area contributed by atoms with Gasteiger partial charge in [0.1, 0.15) is 6.04 Å². The van der Waals surface area contributed by atoms with E-state index in [1.807, 2.05) is 0 Å². The Labute approximate surface area is 146 Å². The molecular formula is C17H28F2N4O2. The summed E-state index contributed by atoms with van der Waals surface area (Å²) in [6.45, 7) is 2.01. The highest BCUT2D eigenvalue weighted by atomic mass is 19.3. The molecular weight excluding hydrogens is 330 g/mol. The molecule has 0 bridgehead atoms. The molecule has 1 heterocycles. The fraction of sp³-hybridized carbons (Fsp3) is 0.882. The second kappa shape index (κ2) is 6.37. The monoisotopic (exact) mass is 358 g/mol. The van der Waals surface area contributed by atoms with Gasteiger partial charge in [-0.3, -0.25) is 4.79 Å². The normalized spacial score (nSPS) is 25.0. The molecule has 1 spiro atoms. The summed E-state index contributed by atoms with van der Waals surface area (Å²) in [6, 6.07) is -1.72. The van der Waals surface area contributed by atoms with Gasteiger partial charge in [0.15, 0.2) is 0 Å². The molecule has 1 aliphatic heterocycles. The van der Waals surface area contributed by atoms with Gasteiger partial charge in [0, 0.05) is 19.5 Å². The average Bonchev–Trinajstić information content (AvgIpc) is 2.93. The molecule has 0 aromatic heterocycles. The number of carbonyl (C=O) groups is 2. The molecule has 0 aromatic carbocycles. The van der Waals surface area contributed by atoms with Crippen LogP contribution in [0.1, 0.15) is 58.3 Å². The summed E-state index contributed by atoms with van der Waals surface area (Å²) in [6.07, 6.45) is 6.05. The van der Waals surface area contributed by atoms with Crippen molar-refractivity contribution in [3.8, 4) is 0 Å². The van der Waals surface area contributed by atoms with Crippen LogP contribution in [0.25, 0.3) is 0 Å². The number of hydrogen-bond acceptors (Lipinski definition) is 3. The lowest BCUT2D eigenvalue weighted by molar-refractivity contribution is -0.126. The fourth-order valence-corrected chi connectivity index (χ4v) is 4.04. The molecule has 3 rings (SSSR count). The molecule has 3 amide bonds. The van der Waals surface area contributed by atoms with E-state index in [9.17, 15) is 18.4 Å². The van der Waals surface area contributed by atoms with Gasteiger partial charge in [0.2, 0.25) is 11.8 Å². The number of urea groups is 1. The van der Waals surface area contributed by atoms with E-state index in [1.54, 1.807) is 4.90 Å². The lowest BCUT2D eigenvalue weighted by atomic mass is 9.86. The van der Waals surface area contributed by atoms with Crippen LogP contribution in [0.5, 0.6) is 0 Å². The van der Waals surface area contributed by atoms with Crippen molar-refractivity contribution in [3.63, 3.8) is 0 Å². The first-order chi connectivity index (χ1) is 11.6. The summed E-state index contributed by atoms with van der Waals surface area (Å²) in [5.74, 6) is -3.69. The summed E-state index contributed by atoms with van der Waals surface area (Å²) in [7, 11) is 0. The van der Waals surface area contributed by atoms with Gasteiger partial charge >= 0.3 is 6.03 Å².